The van der Waals surface area contributed by atoms with E-state index in [4.69, 9.17) is 10.2 Å². The molecular formula is C11H22NO3. The van der Waals surface area contributed by atoms with Gasteiger partial charge in [-0.15, -0.1) is 0 Å². The van der Waals surface area contributed by atoms with E-state index in [2.05, 4.69) is 6.92 Å². The van der Waals surface area contributed by atoms with Crippen LogP contribution in [0.25, 0.3) is 0 Å². The van der Waals surface area contributed by atoms with Gasteiger partial charge in [0, 0.05) is 6.42 Å². The summed E-state index contributed by atoms with van der Waals surface area (Å²) in [5, 5.41) is 18.8. The molecule has 1 amide bonds. The summed E-state index contributed by atoms with van der Waals surface area (Å²) >= 11 is 0. The molecule has 0 aromatic carbocycles. The van der Waals surface area contributed by atoms with E-state index in [1.807, 2.05) is 5.32 Å². The van der Waals surface area contributed by atoms with Gasteiger partial charge in [-0.25, -0.2) is 0 Å². The van der Waals surface area contributed by atoms with Crippen LogP contribution in [0.4, 0.5) is 0 Å². The Labute approximate surface area is 91.7 Å². The van der Waals surface area contributed by atoms with E-state index in [0.717, 1.165) is 12.8 Å². The van der Waals surface area contributed by atoms with Crippen LogP contribution in [-0.2, 0) is 4.79 Å². The van der Waals surface area contributed by atoms with Crippen LogP contribution in [0.15, 0.2) is 0 Å². The molecule has 0 bridgehead atoms. The molecule has 0 aromatic rings. The molecular weight excluding hydrogens is 194 g/mol. The van der Waals surface area contributed by atoms with Crippen molar-refractivity contribution in [3.05, 3.63) is 6.42 Å². The number of carbonyl (C=O) groups is 1. The Kier molecular flexibility index (Phi) is 9.52. The van der Waals surface area contributed by atoms with Crippen molar-refractivity contribution in [2.24, 2.45) is 0 Å². The van der Waals surface area contributed by atoms with Gasteiger partial charge in [0.05, 0.1) is 0 Å². The van der Waals surface area contributed by atoms with Gasteiger partial charge in [-0.3, -0.25) is 4.79 Å². The molecule has 1 radical (unpaired) electrons. The summed E-state index contributed by atoms with van der Waals surface area (Å²) in [4.78, 5) is 10.9. The number of rotatable bonds is 9. The topological polar surface area (TPSA) is 69.6 Å². The molecule has 4 nitrogen and oxygen atoms in total. The first-order chi connectivity index (χ1) is 7.16. The zero-order valence-corrected chi connectivity index (χ0v) is 9.41. The maximum Gasteiger partial charge on any atom is 0.235 e. The molecule has 0 fully saturated rings. The van der Waals surface area contributed by atoms with Crippen molar-refractivity contribution >= 4 is 5.91 Å². The van der Waals surface area contributed by atoms with Crippen LogP contribution in [0.1, 0.15) is 51.9 Å². The minimum absolute atomic E-state index is 0.418. The second kappa shape index (κ2) is 9.93. The van der Waals surface area contributed by atoms with Crippen LogP contribution in [0.2, 0.25) is 0 Å². The highest BCUT2D eigenvalue weighted by molar-refractivity contribution is 5.84. The smallest absolute Gasteiger partial charge is 0.235 e. The van der Waals surface area contributed by atoms with Gasteiger partial charge in [0.25, 0.3) is 0 Å². The highest BCUT2D eigenvalue weighted by Gasteiger charge is 2.04. The minimum Gasteiger partial charge on any atom is -0.351 e. The third-order valence-corrected chi connectivity index (χ3v) is 2.16. The van der Waals surface area contributed by atoms with E-state index in [0.29, 0.717) is 6.42 Å². The van der Waals surface area contributed by atoms with Gasteiger partial charge in [0.1, 0.15) is 0 Å². The normalized spacial score (nSPS) is 10.7. The van der Waals surface area contributed by atoms with Gasteiger partial charge in [-0.2, -0.15) is 0 Å². The van der Waals surface area contributed by atoms with Crippen LogP contribution < -0.4 is 5.32 Å². The van der Waals surface area contributed by atoms with E-state index in [1.54, 1.807) is 0 Å². The molecule has 0 aliphatic heterocycles. The Bertz CT molecular complexity index is 160. The first-order valence-corrected chi connectivity index (χ1v) is 5.66. The number of hydrogen-bond acceptors (Lipinski definition) is 3. The second-order valence-corrected chi connectivity index (χ2v) is 3.64. The molecule has 4 heteroatoms. The lowest BCUT2D eigenvalue weighted by Gasteiger charge is -2.05. The third-order valence-electron chi connectivity index (χ3n) is 2.16. The molecule has 0 spiro atoms. The summed E-state index contributed by atoms with van der Waals surface area (Å²) in [5.41, 5.74) is 0. The number of aliphatic hydroxyl groups excluding tert-OH is 1. The van der Waals surface area contributed by atoms with Gasteiger partial charge in [0.15, 0.2) is 0 Å². The van der Waals surface area contributed by atoms with Crippen molar-refractivity contribution in [3.63, 3.8) is 0 Å². The molecule has 3 N–H and O–H groups in total. The highest BCUT2D eigenvalue weighted by atomic mass is 16.5. The predicted octanol–water partition coefficient (Wildman–Crippen LogP) is 1.33. The van der Waals surface area contributed by atoms with Gasteiger partial charge >= 0.3 is 0 Å². The van der Waals surface area contributed by atoms with E-state index in [-0.39, 0.29) is 0 Å². The zero-order valence-electron chi connectivity index (χ0n) is 9.41. The monoisotopic (exact) mass is 216 g/mol. The van der Waals surface area contributed by atoms with Crippen LogP contribution >= 0.6 is 0 Å². The molecule has 89 valence electrons. The SMILES string of the molecule is CCCCCCCC[CH]C(=O)NC(O)O. The predicted molar refractivity (Wildman–Crippen MR) is 58.7 cm³/mol. The van der Waals surface area contributed by atoms with Crippen molar-refractivity contribution in [2.75, 3.05) is 0 Å². The molecule has 0 saturated heterocycles. The maximum absolute atomic E-state index is 10.9. The first-order valence-electron chi connectivity index (χ1n) is 5.66. The molecule has 0 aliphatic carbocycles. The lowest BCUT2D eigenvalue weighted by Crippen LogP contribution is -2.34. The van der Waals surface area contributed by atoms with E-state index in [9.17, 15) is 4.79 Å². The summed E-state index contributed by atoms with van der Waals surface area (Å²) in [6.45, 7) is 2.18. The average molecular weight is 216 g/mol. The van der Waals surface area contributed by atoms with Gasteiger partial charge in [-0.1, -0.05) is 45.4 Å². The maximum atomic E-state index is 10.9. The molecule has 0 aliphatic rings. The van der Waals surface area contributed by atoms with Crippen LogP contribution in [0.3, 0.4) is 0 Å². The largest absolute Gasteiger partial charge is 0.351 e. The number of hydrogen-bond donors (Lipinski definition) is 3. The van der Waals surface area contributed by atoms with Gasteiger partial charge < -0.3 is 15.5 Å². The minimum atomic E-state index is -1.75. The Morgan fingerprint density at radius 1 is 1.20 bits per heavy atom. The fourth-order valence-electron chi connectivity index (χ4n) is 1.34. The summed E-state index contributed by atoms with van der Waals surface area (Å²) in [6.07, 6.45) is 7.51. The summed E-state index contributed by atoms with van der Waals surface area (Å²) < 4.78 is 0. The van der Waals surface area contributed by atoms with E-state index >= 15 is 0 Å². The fourth-order valence-corrected chi connectivity index (χ4v) is 1.34. The second-order valence-electron chi connectivity index (χ2n) is 3.64. The standard InChI is InChI=1S/C11H22NO3/c1-2-3-4-5-6-7-8-9-10(13)12-11(14)15/h9,11,14-15H,2-8H2,1H3,(H,12,13). The Hall–Kier alpha value is -0.610. The molecule has 0 saturated carbocycles. The lowest BCUT2D eigenvalue weighted by molar-refractivity contribution is -0.131. The zero-order chi connectivity index (χ0) is 11.5. The van der Waals surface area contributed by atoms with Crippen molar-refractivity contribution in [1.29, 1.82) is 0 Å². The molecule has 0 aromatic heterocycles. The summed E-state index contributed by atoms with van der Waals surface area (Å²) in [7, 11) is 0. The Balaban J connectivity index is 3.13. The number of aliphatic hydroxyl groups is 2. The van der Waals surface area contributed by atoms with Gasteiger partial charge in [0.2, 0.25) is 12.3 Å². The molecule has 15 heavy (non-hydrogen) atoms. The summed E-state index contributed by atoms with van der Waals surface area (Å²) in [5.74, 6) is -0.418. The Morgan fingerprint density at radius 3 is 2.40 bits per heavy atom. The fraction of sp³-hybridized carbons (Fsp3) is 0.818. The van der Waals surface area contributed by atoms with Crippen LogP contribution in [0, 0.1) is 6.42 Å². The van der Waals surface area contributed by atoms with E-state index < -0.39 is 12.3 Å². The number of amides is 1. The van der Waals surface area contributed by atoms with Crippen molar-refractivity contribution in [1.82, 2.24) is 5.32 Å². The first kappa shape index (κ1) is 14.4. The average Bonchev–Trinajstić information content (AvgIpc) is 2.15. The van der Waals surface area contributed by atoms with Crippen molar-refractivity contribution in [2.45, 2.75) is 58.3 Å². The quantitative estimate of drug-likeness (QED) is 0.402. The lowest BCUT2D eigenvalue weighted by atomic mass is 10.1. The summed E-state index contributed by atoms with van der Waals surface area (Å²) in [6, 6.07) is 0. The number of unbranched alkanes of at least 4 members (excludes halogenated alkanes) is 6. The Morgan fingerprint density at radius 2 is 1.80 bits per heavy atom. The van der Waals surface area contributed by atoms with Crippen LogP contribution in [-0.4, -0.2) is 22.5 Å². The van der Waals surface area contributed by atoms with Crippen LogP contribution in [0.5, 0.6) is 0 Å². The van der Waals surface area contributed by atoms with Crippen molar-refractivity contribution in [3.8, 4) is 0 Å². The number of nitrogens with one attached hydrogen (secondary N) is 1. The molecule has 0 unspecified atom stereocenters. The van der Waals surface area contributed by atoms with Gasteiger partial charge in [-0.05, 0) is 6.42 Å². The molecule has 0 atom stereocenters. The molecule has 0 heterocycles. The highest BCUT2D eigenvalue weighted by Crippen LogP contribution is 2.07. The van der Waals surface area contributed by atoms with Crippen molar-refractivity contribution < 1.29 is 15.0 Å². The number of carbonyl (C=O) groups excluding carboxylic acids is 1. The third kappa shape index (κ3) is 11.3. The van der Waals surface area contributed by atoms with E-state index in [1.165, 1.54) is 32.1 Å². The molecule has 0 rings (SSSR count).